The molecule has 4 aromatic rings. The average Bonchev–Trinajstić information content (AvgIpc) is 3.17. The Labute approximate surface area is 228 Å². The van der Waals surface area contributed by atoms with Crippen LogP contribution in [0.25, 0.3) is 11.0 Å². The predicted octanol–water partition coefficient (Wildman–Crippen LogP) is 6.47. The molecule has 1 aliphatic rings. The normalized spacial score (nSPS) is 13.5. The maximum atomic E-state index is 13.0. The van der Waals surface area contributed by atoms with Gasteiger partial charge in [-0.1, -0.05) is 18.5 Å². The van der Waals surface area contributed by atoms with E-state index in [2.05, 4.69) is 0 Å². The lowest BCUT2D eigenvalue weighted by Crippen LogP contribution is -2.37. The van der Waals surface area contributed by atoms with Gasteiger partial charge in [0, 0.05) is 17.1 Å². The zero-order chi connectivity index (χ0) is 28.0. The number of imide groups is 1. The van der Waals surface area contributed by atoms with Gasteiger partial charge in [0.2, 0.25) is 11.2 Å². The Hall–Kier alpha value is -4.43. The summed E-state index contributed by atoms with van der Waals surface area (Å²) in [6.45, 7) is 7.37. The predicted molar refractivity (Wildman–Crippen MR) is 145 cm³/mol. The van der Waals surface area contributed by atoms with Crippen molar-refractivity contribution < 1.29 is 28.3 Å². The van der Waals surface area contributed by atoms with Gasteiger partial charge in [-0.2, -0.15) is 0 Å². The van der Waals surface area contributed by atoms with E-state index < -0.39 is 17.3 Å². The van der Waals surface area contributed by atoms with Gasteiger partial charge in [0.05, 0.1) is 22.1 Å². The summed E-state index contributed by atoms with van der Waals surface area (Å²) in [6, 6.07) is 11.8. The number of ether oxygens (including phenoxy) is 2. The lowest BCUT2D eigenvalue weighted by molar-refractivity contribution is 0.0593. The Balaban J connectivity index is 1.37. The molecule has 0 radical (unpaired) electrons. The third kappa shape index (κ3) is 4.68. The van der Waals surface area contributed by atoms with E-state index >= 15 is 0 Å². The number of nitrogens with zero attached hydrogens (tertiary/aromatic N) is 1. The Bertz CT molecular complexity index is 1720. The minimum atomic E-state index is -0.727. The molecule has 9 heteroatoms. The first kappa shape index (κ1) is 26.2. The summed E-state index contributed by atoms with van der Waals surface area (Å²) in [5, 5.41) is 0.865. The largest absolute Gasteiger partial charge is 0.460 e. The van der Waals surface area contributed by atoms with Crippen LogP contribution in [0.5, 0.6) is 17.2 Å². The quantitative estimate of drug-likeness (QED) is 0.155. The van der Waals surface area contributed by atoms with E-state index in [0.717, 1.165) is 11.1 Å². The van der Waals surface area contributed by atoms with Crippen molar-refractivity contribution in [1.29, 1.82) is 0 Å². The lowest BCUT2D eigenvalue weighted by atomic mass is 10.1. The molecule has 0 aliphatic carbocycles. The fraction of sp³-hybridized carbons (Fsp3) is 0.200. The van der Waals surface area contributed by atoms with E-state index in [1.165, 1.54) is 47.6 Å². The molecule has 1 aliphatic heterocycles. The number of fused-ring (bicyclic) bond motifs is 2. The molecule has 0 bridgehead atoms. The smallest absolute Gasteiger partial charge is 0.343 e. The molecule has 0 saturated carbocycles. The topological polar surface area (TPSA) is 103 Å². The summed E-state index contributed by atoms with van der Waals surface area (Å²) in [5.41, 5.74) is 1.96. The maximum Gasteiger partial charge on any atom is 0.343 e. The summed E-state index contributed by atoms with van der Waals surface area (Å²) < 4.78 is 16.8. The van der Waals surface area contributed by atoms with Crippen molar-refractivity contribution in [3.8, 4) is 17.2 Å². The third-order valence-electron chi connectivity index (χ3n) is 6.75. The van der Waals surface area contributed by atoms with E-state index in [-0.39, 0.29) is 51.1 Å². The van der Waals surface area contributed by atoms with Gasteiger partial charge in [-0.25, -0.2) is 4.79 Å². The second kappa shape index (κ2) is 10.0. The molecule has 3 aromatic carbocycles. The van der Waals surface area contributed by atoms with Gasteiger partial charge in [0.25, 0.3) is 11.8 Å². The van der Waals surface area contributed by atoms with Gasteiger partial charge >= 0.3 is 5.97 Å². The number of carbonyl (C=O) groups excluding carboxylic acids is 3. The summed E-state index contributed by atoms with van der Waals surface area (Å²) >= 11 is 6.21. The number of esters is 1. The Kier molecular flexibility index (Phi) is 6.74. The highest BCUT2D eigenvalue weighted by atomic mass is 35.5. The van der Waals surface area contributed by atoms with Crippen molar-refractivity contribution in [2.24, 2.45) is 0 Å². The van der Waals surface area contributed by atoms with Gasteiger partial charge in [-0.05, 0) is 80.8 Å². The number of hydrogen-bond acceptors (Lipinski definition) is 7. The van der Waals surface area contributed by atoms with E-state index in [0.29, 0.717) is 17.2 Å². The molecule has 5 rings (SSSR count). The van der Waals surface area contributed by atoms with Crippen molar-refractivity contribution in [1.82, 2.24) is 4.90 Å². The highest BCUT2D eigenvalue weighted by molar-refractivity contribution is 6.32. The van der Waals surface area contributed by atoms with Crippen LogP contribution in [0.2, 0.25) is 5.02 Å². The Morgan fingerprint density at radius 2 is 1.64 bits per heavy atom. The van der Waals surface area contributed by atoms with Crippen molar-refractivity contribution in [2.75, 3.05) is 0 Å². The molecule has 2 heterocycles. The van der Waals surface area contributed by atoms with Crippen molar-refractivity contribution in [2.45, 2.75) is 40.2 Å². The zero-order valence-corrected chi connectivity index (χ0v) is 22.4. The fourth-order valence-corrected chi connectivity index (χ4v) is 4.56. The minimum Gasteiger partial charge on any atom is -0.460 e. The highest BCUT2D eigenvalue weighted by Gasteiger charge is 2.38. The SMILES string of the molecule is CC[C@H](C)N1C(=O)c2ccc(C(=O)Oc3ccc4c(=O)c(Oc5cc(C)c(Cl)c(C)c5)coc4c3)cc2C1=O. The summed E-state index contributed by atoms with van der Waals surface area (Å²) in [7, 11) is 0. The number of carbonyl (C=O) groups is 3. The van der Waals surface area contributed by atoms with Crippen molar-refractivity contribution in [3.05, 3.63) is 97.9 Å². The summed E-state index contributed by atoms with van der Waals surface area (Å²) in [5.74, 6) is -0.954. The standard InChI is InChI=1S/C30H24ClNO7/c1-5-17(4)32-28(34)21-8-6-18(12-23(21)29(32)35)30(36)39-19-7-9-22-24(13-19)37-14-25(27(22)33)38-20-10-15(2)26(31)16(3)11-20/h6-14,17H,5H2,1-4H3/t17-/m0/s1. The number of amides is 2. The monoisotopic (exact) mass is 545 g/mol. The van der Waals surface area contributed by atoms with Crippen LogP contribution < -0.4 is 14.9 Å². The van der Waals surface area contributed by atoms with Gasteiger partial charge in [0.1, 0.15) is 23.3 Å². The van der Waals surface area contributed by atoms with E-state index in [1.807, 2.05) is 20.8 Å². The van der Waals surface area contributed by atoms with Crippen molar-refractivity contribution >= 4 is 40.4 Å². The molecule has 0 saturated heterocycles. The van der Waals surface area contributed by atoms with Crippen LogP contribution in [0, 0.1) is 13.8 Å². The zero-order valence-electron chi connectivity index (χ0n) is 21.7. The van der Waals surface area contributed by atoms with E-state index in [9.17, 15) is 19.2 Å². The molecule has 0 unspecified atom stereocenters. The molecule has 198 valence electrons. The second-order valence-corrected chi connectivity index (χ2v) is 9.83. The van der Waals surface area contributed by atoms with Gasteiger partial charge in [-0.3, -0.25) is 19.3 Å². The fourth-order valence-electron chi connectivity index (χ4n) is 4.45. The van der Waals surface area contributed by atoms with Crippen LogP contribution in [0.1, 0.15) is 62.5 Å². The molecule has 0 spiro atoms. The molecule has 1 atom stereocenters. The van der Waals surface area contributed by atoms with Crippen LogP contribution in [-0.2, 0) is 0 Å². The van der Waals surface area contributed by atoms with E-state index in [1.54, 1.807) is 19.1 Å². The molecule has 0 fully saturated rings. The first-order valence-electron chi connectivity index (χ1n) is 12.3. The van der Waals surface area contributed by atoms with Crippen LogP contribution in [0.4, 0.5) is 0 Å². The lowest BCUT2D eigenvalue weighted by Gasteiger charge is -2.20. The number of hydrogen-bond donors (Lipinski definition) is 0. The van der Waals surface area contributed by atoms with Crippen LogP contribution in [-0.4, -0.2) is 28.7 Å². The molecule has 8 nitrogen and oxygen atoms in total. The van der Waals surface area contributed by atoms with Gasteiger partial charge in [-0.15, -0.1) is 0 Å². The van der Waals surface area contributed by atoms with Gasteiger partial charge in [0.15, 0.2) is 0 Å². The maximum absolute atomic E-state index is 13.0. The Morgan fingerprint density at radius 1 is 0.949 bits per heavy atom. The highest BCUT2D eigenvalue weighted by Crippen LogP contribution is 2.30. The molecular weight excluding hydrogens is 522 g/mol. The minimum absolute atomic E-state index is 0.00263. The third-order valence-corrected chi connectivity index (χ3v) is 7.34. The number of benzene rings is 3. The van der Waals surface area contributed by atoms with Crippen LogP contribution >= 0.6 is 11.6 Å². The number of halogens is 1. The van der Waals surface area contributed by atoms with Crippen LogP contribution in [0.15, 0.2) is 64.0 Å². The molecule has 1 aromatic heterocycles. The Morgan fingerprint density at radius 3 is 2.33 bits per heavy atom. The molecule has 2 amide bonds. The first-order chi connectivity index (χ1) is 18.6. The molecule has 39 heavy (non-hydrogen) atoms. The molecular formula is C30H24ClNO7. The second-order valence-electron chi connectivity index (χ2n) is 9.45. The summed E-state index contributed by atoms with van der Waals surface area (Å²) in [4.78, 5) is 52.5. The summed E-state index contributed by atoms with van der Waals surface area (Å²) in [6.07, 6.45) is 1.81. The number of aryl methyl sites for hydroxylation is 2. The van der Waals surface area contributed by atoms with Crippen LogP contribution in [0.3, 0.4) is 0 Å². The van der Waals surface area contributed by atoms with Gasteiger partial charge < -0.3 is 13.9 Å². The van der Waals surface area contributed by atoms with E-state index in [4.69, 9.17) is 25.5 Å². The molecule has 0 N–H and O–H groups in total. The van der Waals surface area contributed by atoms with Crippen molar-refractivity contribution in [3.63, 3.8) is 0 Å². The first-order valence-corrected chi connectivity index (χ1v) is 12.7. The number of rotatable bonds is 6. The average molecular weight is 546 g/mol.